The van der Waals surface area contributed by atoms with E-state index in [1.54, 1.807) is 0 Å². The van der Waals surface area contributed by atoms with Crippen LogP contribution in [-0.4, -0.2) is 12.6 Å². The summed E-state index contributed by atoms with van der Waals surface area (Å²) in [5.41, 5.74) is 0.762. The second-order valence-electron chi connectivity index (χ2n) is 8.11. The maximum Gasteiger partial charge on any atom is 0.338 e. The molecule has 0 aromatic carbocycles. The van der Waals surface area contributed by atoms with Crippen molar-refractivity contribution in [3.63, 3.8) is 0 Å². The van der Waals surface area contributed by atoms with Gasteiger partial charge in [0.15, 0.2) is 0 Å². The van der Waals surface area contributed by atoms with Gasteiger partial charge in [0.1, 0.15) is 6.61 Å². The third-order valence-electron chi connectivity index (χ3n) is 6.72. The van der Waals surface area contributed by atoms with Crippen LogP contribution >= 0.6 is 0 Å². The van der Waals surface area contributed by atoms with E-state index < -0.39 is 0 Å². The van der Waals surface area contributed by atoms with Gasteiger partial charge >= 0.3 is 5.97 Å². The standard InChI is InChI=1S/C21H32O2/c1-4-15-6-5-7-19-18(15)11-10-17(14(2)3)20(19)9-8-16-12-13-23-21(16)22/h8-9,12,14-15,17-20H,4-7,10-11,13H2,1-3H3/b9-8+. The Morgan fingerprint density at radius 1 is 1.22 bits per heavy atom. The van der Waals surface area contributed by atoms with Crippen molar-refractivity contribution >= 4 is 5.97 Å². The van der Waals surface area contributed by atoms with Gasteiger partial charge in [-0.25, -0.2) is 4.79 Å². The lowest BCUT2D eigenvalue weighted by Crippen LogP contribution is -2.41. The van der Waals surface area contributed by atoms with Gasteiger partial charge in [-0.15, -0.1) is 0 Å². The fourth-order valence-corrected chi connectivity index (χ4v) is 5.51. The van der Waals surface area contributed by atoms with Crippen LogP contribution in [0.4, 0.5) is 0 Å². The van der Waals surface area contributed by atoms with Crippen molar-refractivity contribution in [2.45, 2.75) is 59.3 Å². The molecule has 3 rings (SSSR count). The number of ether oxygens (including phenoxy) is 1. The zero-order valence-electron chi connectivity index (χ0n) is 15.0. The van der Waals surface area contributed by atoms with Crippen LogP contribution in [0.15, 0.2) is 23.8 Å². The average Bonchev–Trinajstić information content (AvgIpc) is 2.96. The molecule has 128 valence electrons. The number of hydrogen-bond acceptors (Lipinski definition) is 2. The molecule has 0 amide bonds. The van der Waals surface area contributed by atoms with Crippen molar-refractivity contribution in [3.05, 3.63) is 23.8 Å². The maximum atomic E-state index is 11.7. The molecule has 1 aliphatic heterocycles. The lowest BCUT2D eigenvalue weighted by molar-refractivity contribution is -0.135. The summed E-state index contributed by atoms with van der Waals surface area (Å²) in [5, 5.41) is 0. The molecule has 2 fully saturated rings. The molecule has 2 aliphatic carbocycles. The number of carbonyl (C=O) groups excluding carboxylic acids is 1. The molecule has 2 heteroatoms. The molecule has 3 aliphatic rings. The Morgan fingerprint density at radius 3 is 2.70 bits per heavy atom. The number of esters is 1. The number of fused-ring (bicyclic) bond motifs is 1. The summed E-state index contributed by atoms with van der Waals surface area (Å²) < 4.78 is 5.04. The molecule has 1 heterocycles. The molecule has 0 radical (unpaired) electrons. The highest BCUT2D eigenvalue weighted by molar-refractivity contribution is 5.93. The van der Waals surface area contributed by atoms with E-state index in [1.807, 2.05) is 6.08 Å². The average molecular weight is 316 g/mol. The number of carbonyl (C=O) groups is 1. The van der Waals surface area contributed by atoms with E-state index in [9.17, 15) is 4.79 Å². The van der Waals surface area contributed by atoms with Crippen molar-refractivity contribution in [3.8, 4) is 0 Å². The maximum absolute atomic E-state index is 11.7. The van der Waals surface area contributed by atoms with E-state index in [1.165, 1.54) is 38.5 Å². The zero-order valence-corrected chi connectivity index (χ0v) is 15.0. The van der Waals surface area contributed by atoms with Crippen LogP contribution in [-0.2, 0) is 9.53 Å². The Morgan fingerprint density at radius 2 is 2.04 bits per heavy atom. The molecule has 0 spiro atoms. The molecule has 0 bridgehead atoms. The normalized spacial score (nSPS) is 37.8. The van der Waals surface area contributed by atoms with Crippen molar-refractivity contribution in [1.29, 1.82) is 0 Å². The number of hydrogen-bond donors (Lipinski definition) is 0. The zero-order chi connectivity index (χ0) is 16.4. The Hall–Kier alpha value is -1.05. The monoisotopic (exact) mass is 316 g/mol. The Kier molecular flexibility index (Phi) is 5.28. The van der Waals surface area contributed by atoms with Gasteiger partial charge < -0.3 is 4.74 Å². The molecule has 2 nitrogen and oxygen atoms in total. The summed E-state index contributed by atoms with van der Waals surface area (Å²) in [5.74, 6) is 4.63. The highest BCUT2D eigenvalue weighted by Crippen LogP contribution is 2.51. The van der Waals surface area contributed by atoms with Gasteiger partial charge in [-0.1, -0.05) is 52.2 Å². The van der Waals surface area contributed by atoms with Crippen LogP contribution in [0.25, 0.3) is 0 Å². The predicted molar refractivity (Wildman–Crippen MR) is 93.8 cm³/mol. The van der Waals surface area contributed by atoms with Crippen LogP contribution in [0, 0.1) is 35.5 Å². The van der Waals surface area contributed by atoms with Crippen molar-refractivity contribution < 1.29 is 9.53 Å². The third kappa shape index (κ3) is 3.41. The van der Waals surface area contributed by atoms with E-state index in [-0.39, 0.29) is 5.97 Å². The van der Waals surface area contributed by atoms with Crippen LogP contribution in [0.3, 0.4) is 0 Å². The van der Waals surface area contributed by atoms with E-state index >= 15 is 0 Å². The largest absolute Gasteiger partial charge is 0.458 e. The molecule has 0 aromatic heterocycles. The Balaban J connectivity index is 1.81. The summed E-state index contributed by atoms with van der Waals surface area (Å²) in [6.07, 6.45) is 14.7. The van der Waals surface area contributed by atoms with Crippen LogP contribution in [0.1, 0.15) is 59.3 Å². The minimum absolute atomic E-state index is 0.148. The van der Waals surface area contributed by atoms with E-state index in [2.05, 4.69) is 32.9 Å². The van der Waals surface area contributed by atoms with Crippen molar-refractivity contribution in [2.24, 2.45) is 35.5 Å². The summed E-state index contributed by atoms with van der Waals surface area (Å²) in [4.78, 5) is 11.7. The predicted octanol–water partition coefficient (Wildman–Crippen LogP) is 5.15. The topological polar surface area (TPSA) is 26.3 Å². The summed E-state index contributed by atoms with van der Waals surface area (Å²) in [7, 11) is 0. The minimum Gasteiger partial charge on any atom is -0.458 e. The van der Waals surface area contributed by atoms with Gasteiger partial charge in [-0.2, -0.15) is 0 Å². The first-order chi connectivity index (χ1) is 11.1. The quantitative estimate of drug-likeness (QED) is 0.670. The van der Waals surface area contributed by atoms with Gasteiger partial charge in [0.25, 0.3) is 0 Å². The molecular weight excluding hydrogens is 284 g/mol. The molecule has 0 aromatic rings. The highest BCUT2D eigenvalue weighted by atomic mass is 16.5. The number of cyclic esters (lactones) is 1. The van der Waals surface area contributed by atoms with Gasteiger partial charge in [-0.05, 0) is 60.8 Å². The summed E-state index contributed by atoms with van der Waals surface area (Å²) in [6, 6.07) is 0. The second-order valence-corrected chi connectivity index (χ2v) is 8.11. The van der Waals surface area contributed by atoms with E-state index in [4.69, 9.17) is 4.74 Å². The summed E-state index contributed by atoms with van der Waals surface area (Å²) >= 11 is 0. The van der Waals surface area contributed by atoms with E-state index in [0.29, 0.717) is 12.5 Å². The van der Waals surface area contributed by atoms with Gasteiger partial charge in [0.05, 0.1) is 5.57 Å². The van der Waals surface area contributed by atoms with Crippen molar-refractivity contribution in [2.75, 3.05) is 6.61 Å². The number of allylic oxidation sites excluding steroid dienone is 1. The smallest absolute Gasteiger partial charge is 0.338 e. The molecule has 0 N–H and O–H groups in total. The molecule has 5 unspecified atom stereocenters. The summed E-state index contributed by atoms with van der Waals surface area (Å²) in [6.45, 7) is 7.55. The fourth-order valence-electron chi connectivity index (χ4n) is 5.51. The first-order valence-corrected chi connectivity index (χ1v) is 9.67. The minimum atomic E-state index is -0.148. The lowest BCUT2D eigenvalue weighted by Gasteiger charge is -2.49. The van der Waals surface area contributed by atoms with E-state index in [0.717, 1.165) is 35.2 Å². The van der Waals surface area contributed by atoms with Crippen LogP contribution in [0.2, 0.25) is 0 Å². The van der Waals surface area contributed by atoms with Crippen molar-refractivity contribution in [1.82, 2.24) is 0 Å². The Labute approximate surface area is 141 Å². The number of rotatable bonds is 4. The fraction of sp³-hybridized carbons (Fsp3) is 0.762. The van der Waals surface area contributed by atoms with Gasteiger partial charge in [-0.3, -0.25) is 0 Å². The van der Waals surface area contributed by atoms with Gasteiger partial charge in [0, 0.05) is 0 Å². The molecule has 5 atom stereocenters. The molecule has 2 saturated carbocycles. The lowest BCUT2D eigenvalue weighted by atomic mass is 9.56. The SMILES string of the molecule is CCC1CCCC2C(/C=C/C3=CCOC3=O)C(C(C)C)CCC12. The first-order valence-electron chi connectivity index (χ1n) is 9.67. The highest BCUT2D eigenvalue weighted by Gasteiger charge is 2.43. The molecular formula is C21H32O2. The first kappa shape index (κ1) is 16.8. The van der Waals surface area contributed by atoms with Crippen LogP contribution in [0.5, 0.6) is 0 Å². The Bertz CT molecular complexity index is 488. The second kappa shape index (κ2) is 7.23. The molecule has 0 saturated heterocycles. The molecule has 23 heavy (non-hydrogen) atoms. The van der Waals surface area contributed by atoms with Gasteiger partial charge in [0.2, 0.25) is 0 Å². The third-order valence-corrected chi connectivity index (χ3v) is 6.72. The van der Waals surface area contributed by atoms with Crippen LogP contribution < -0.4 is 0 Å².